The van der Waals surface area contributed by atoms with Crippen molar-refractivity contribution in [1.82, 2.24) is 37.8 Å². The Labute approximate surface area is 309 Å². The van der Waals surface area contributed by atoms with E-state index in [0.717, 1.165) is 5.52 Å². The molecule has 54 heavy (non-hydrogen) atoms. The average Bonchev–Trinajstić information content (AvgIpc) is 3.87. The Hall–Kier alpha value is -6.52. The smallest absolute Gasteiger partial charge is 0.298 e. The third kappa shape index (κ3) is 6.75. The Balaban J connectivity index is 1.41. The molecule has 17 nitrogen and oxygen atoms in total. The fraction of sp³-hybridized carbons (Fsp3) is 0.351. The van der Waals surface area contributed by atoms with Crippen molar-refractivity contribution in [2.75, 3.05) is 7.11 Å². The minimum absolute atomic E-state index is 0.250. The molecule has 0 aliphatic carbocycles. The summed E-state index contributed by atoms with van der Waals surface area (Å²) in [5.41, 5.74) is 17.4. The van der Waals surface area contributed by atoms with Crippen LogP contribution in [0, 0.1) is 13.8 Å². The lowest BCUT2D eigenvalue weighted by Crippen LogP contribution is -2.28. The second-order valence-corrected chi connectivity index (χ2v) is 13.0. The van der Waals surface area contributed by atoms with Crippen LogP contribution in [-0.2, 0) is 40.3 Å². The second-order valence-electron chi connectivity index (χ2n) is 13.0. The number of benzene rings is 2. The molecule has 0 aliphatic heterocycles. The van der Waals surface area contributed by atoms with Crippen LogP contribution in [0.4, 0.5) is 0 Å². The van der Waals surface area contributed by atoms with Crippen molar-refractivity contribution in [3.05, 3.63) is 87.6 Å². The van der Waals surface area contributed by atoms with Crippen molar-refractivity contribution < 1.29 is 23.9 Å². The molecule has 0 bridgehead atoms. The molecule has 6 aromatic rings. The summed E-state index contributed by atoms with van der Waals surface area (Å²) < 4.78 is 16.3. The van der Waals surface area contributed by atoms with E-state index in [2.05, 4.69) is 20.2 Å². The Morgan fingerprint density at radius 2 is 1.19 bits per heavy atom. The number of amides is 4. The molecule has 282 valence electrons. The molecule has 0 aliphatic rings. The van der Waals surface area contributed by atoms with Crippen molar-refractivity contribution in [3.63, 3.8) is 0 Å². The highest BCUT2D eigenvalue weighted by Crippen LogP contribution is 2.27. The number of aryl methyl sites for hydroxylation is 8. The number of aromatic nitrogens is 8. The molecule has 4 aromatic heterocycles. The molecule has 6 rings (SSSR count). The van der Waals surface area contributed by atoms with Crippen LogP contribution >= 0.6 is 0 Å². The molecular weight excluding hydrogens is 692 g/mol. The molecule has 2 aromatic carbocycles. The minimum atomic E-state index is -0.621. The maximum atomic E-state index is 13.7. The number of fused-ring (bicyclic) bond motifs is 2. The van der Waals surface area contributed by atoms with Gasteiger partial charge in [0.25, 0.3) is 11.8 Å². The van der Waals surface area contributed by atoms with E-state index in [9.17, 15) is 19.2 Å². The van der Waals surface area contributed by atoms with Gasteiger partial charge in [-0.25, -0.2) is 0 Å². The maximum absolute atomic E-state index is 13.7. The zero-order chi connectivity index (χ0) is 39.0. The normalized spacial score (nSPS) is 12.4. The summed E-state index contributed by atoms with van der Waals surface area (Å²) in [6.45, 7) is 9.28. The lowest BCUT2D eigenvalue weighted by Gasteiger charge is -2.10. The number of carbonyl (C=O) groups excluding carboxylic acids is 4. The summed E-state index contributed by atoms with van der Waals surface area (Å²) in [4.78, 5) is 60.7. The molecule has 4 N–H and O–H groups in total. The monoisotopic (exact) mass is 736 g/mol. The van der Waals surface area contributed by atoms with E-state index in [1.54, 1.807) is 75.1 Å². The number of carbonyl (C=O) groups is 4. The number of nitrogens with two attached hydrogens (primary N) is 2. The largest absolute Gasteiger partial charge is 0.494 e. The number of ether oxygens (including phenoxy) is 1. The van der Waals surface area contributed by atoms with Crippen LogP contribution in [0.5, 0.6) is 5.75 Å². The molecule has 17 heteroatoms. The van der Waals surface area contributed by atoms with Crippen molar-refractivity contribution >= 4 is 45.7 Å². The molecule has 0 fully saturated rings. The van der Waals surface area contributed by atoms with Gasteiger partial charge in [-0.1, -0.05) is 0 Å². The van der Waals surface area contributed by atoms with Crippen molar-refractivity contribution in [2.45, 2.75) is 66.7 Å². The van der Waals surface area contributed by atoms with Gasteiger partial charge >= 0.3 is 0 Å². The molecule has 0 spiro atoms. The number of hydrogen-bond acceptors (Lipinski definition) is 7. The van der Waals surface area contributed by atoms with Crippen LogP contribution in [0.25, 0.3) is 22.1 Å². The molecule has 0 unspecified atom stereocenters. The SMILES string of the molecule is CCn1nc(C)cc1C(=O)N=c1n(C)c2cc(C(N)=O)ccc2n1CCCCn1c(=NC(=O)c2cc(C)nn2CC)n(C)c2cc(C(N)=O)cc(OC)c21. The summed E-state index contributed by atoms with van der Waals surface area (Å²) in [5.74, 6) is -1.71. The van der Waals surface area contributed by atoms with Crippen molar-refractivity contribution in [1.29, 1.82) is 0 Å². The fourth-order valence-electron chi connectivity index (χ4n) is 6.83. The van der Waals surface area contributed by atoms with Crippen LogP contribution in [0.15, 0.2) is 52.4 Å². The molecule has 4 heterocycles. The predicted molar refractivity (Wildman–Crippen MR) is 200 cm³/mol. The number of hydrogen-bond donors (Lipinski definition) is 2. The highest BCUT2D eigenvalue weighted by atomic mass is 16.5. The summed E-state index contributed by atoms with van der Waals surface area (Å²) in [6.07, 6.45) is 1.19. The first-order chi connectivity index (χ1) is 25.8. The van der Waals surface area contributed by atoms with Crippen LogP contribution in [0.2, 0.25) is 0 Å². The standard InChI is InChI=1S/C37H44N12O5/c1-8-48-28(16-21(3)42-48)34(52)40-36-44(5)26-18-23(32(38)50)12-13-25(26)46(36)14-10-11-15-47-31-27(19-24(33(39)51)20-30(31)54-7)45(6)37(47)41-35(53)29-17-22(4)43-49(29)9-2/h12-13,16-20H,8-11,14-15H2,1-7H3,(H2,38,50)(H2,39,51). The van der Waals surface area contributed by atoms with Crippen LogP contribution in [0.1, 0.15) is 79.8 Å². The Bertz CT molecular complexity index is 2620. The Kier molecular flexibility index (Phi) is 10.2. The minimum Gasteiger partial charge on any atom is -0.494 e. The van der Waals surface area contributed by atoms with Gasteiger partial charge in [0.1, 0.15) is 22.7 Å². The van der Waals surface area contributed by atoms with E-state index < -0.39 is 23.6 Å². The van der Waals surface area contributed by atoms with E-state index in [1.807, 2.05) is 36.8 Å². The summed E-state index contributed by atoms with van der Waals surface area (Å²) >= 11 is 0. The Morgan fingerprint density at radius 3 is 1.70 bits per heavy atom. The van der Waals surface area contributed by atoms with Crippen molar-refractivity contribution in [3.8, 4) is 5.75 Å². The number of nitrogens with zero attached hydrogens (tertiary/aromatic N) is 10. The van der Waals surface area contributed by atoms with Crippen LogP contribution in [0.3, 0.4) is 0 Å². The zero-order valence-electron chi connectivity index (χ0n) is 31.5. The Morgan fingerprint density at radius 1 is 0.685 bits per heavy atom. The van der Waals surface area contributed by atoms with E-state index in [0.29, 0.717) is 101 Å². The van der Waals surface area contributed by atoms with E-state index in [-0.39, 0.29) is 5.56 Å². The van der Waals surface area contributed by atoms with Gasteiger partial charge in [0.05, 0.1) is 35.0 Å². The highest BCUT2D eigenvalue weighted by molar-refractivity contribution is 5.99. The van der Waals surface area contributed by atoms with E-state index in [1.165, 1.54) is 7.11 Å². The highest BCUT2D eigenvalue weighted by Gasteiger charge is 2.21. The number of unbranched alkanes of at least 4 members (excludes halogenated alkanes) is 1. The molecule has 0 radical (unpaired) electrons. The second kappa shape index (κ2) is 14.8. The first-order valence-electron chi connectivity index (χ1n) is 17.6. The first kappa shape index (κ1) is 37.2. The summed E-state index contributed by atoms with van der Waals surface area (Å²) in [6, 6.07) is 11.8. The van der Waals surface area contributed by atoms with Gasteiger partial charge in [0.2, 0.25) is 23.1 Å². The lowest BCUT2D eigenvalue weighted by atomic mass is 10.1. The molecule has 0 atom stereocenters. The zero-order valence-corrected chi connectivity index (χ0v) is 31.5. The number of imidazole rings is 2. The topological polar surface area (TPSA) is 210 Å². The maximum Gasteiger partial charge on any atom is 0.298 e. The molecule has 0 saturated carbocycles. The quantitative estimate of drug-likeness (QED) is 0.179. The molecular formula is C37H44N12O5. The molecule has 4 amide bonds. The lowest BCUT2D eigenvalue weighted by molar-refractivity contribution is 0.0977. The van der Waals surface area contributed by atoms with E-state index in [4.69, 9.17) is 16.2 Å². The van der Waals surface area contributed by atoms with Gasteiger partial charge in [0.15, 0.2) is 0 Å². The third-order valence-corrected chi connectivity index (χ3v) is 9.44. The first-order valence-corrected chi connectivity index (χ1v) is 17.6. The average molecular weight is 737 g/mol. The van der Waals surface area contributed by atoms with E-state index >= 15 is 0 Å². The van der Waals surface area contributed by atoms with Gasteiger partial charge in [-0.2, -0.15) is 20.2 Å². The van der Waals surface area contributed by atoms with Gasteiger partial charge in [-0.15, -0.1) is 0 Å². The van der Waals surface area contributed by atoms with Crippen LogP contribution in [-0.4, -0.2) is 68.6 Å². The van der Waals surface area contributed by atoms with Crippen LogP contribution < -0.4 is 27.4 Å². The van der Waals surface area contributed by atoms with Gasteiger partial charge in [-0.3, -0.25) is 28.5 Å². The molecule has 0 saturated heterocycles. The van der Waals surface area contributed by atoms with Gasteiger partial charge in [-0.05, 0) is 83.0 Å². The predicted octanol–water partition coefficient (Wildman–Crippen LogP) is 2.49. The van der Waals surface area contributed by atoms with Gasteiger partial charge in [0, 0.05) is 51.4 Å². The number of rotatable bonds is 12. The number of primary amides is 2. The van der Waals surface area contributed by atoms with Crippen molar-refractivity contribution in [2.24, 2.45) is 35.5 Å². The fourth-order valence-corrected chi connectivity index (χ4v) is 6.83. The van der Waals surface area contributed by atoms with Gasteiger partial charge < -0.3 is 34.5 Å². The summed E-state index contributed by atoms with van der Waals surface area (Å²) in [7, 11) is 5.05. The summed E-state index contributed by atoms with van der Waals surface area (Å²) in [5, 5.41) is 8.81. The number of methoxy groups -OCH3 is 1. The third-order valence-electron chi connectivity index (χ3n) is 9.44.